The largest absolute Gasteiger partial charge is 0.492 e. The summed E-state index contributed by atoms with van der Waals surface area (Å²) in [6.07, 6.45) is 7.58. The number of halogens is 1. The summed E-state index contributed by atoms with van der Waals surface area (Å²) < 4.78 is 16.3. The molecule has 0 amide bonds. The topological polar surface area (TPSA) is 78.1 Å². The van der Waals surface area contributed by atoms with E-state index in [1.165, 1.54) is 38.5 Å². The molecule has 0 saturated heterocycles. The van der Waals surface area contributed by atoms with E-state index in [1.54, 1.807) is 0 Å². The third-order valence-electron chi connectivity index (χ3n) is 4.19. The Hall–Kier alpha value is -1.38. The van der Waals surface area contributed by atoms with Gasteiger partial charge >= 0.3 is 0 Å². The summed E-state index contributed by atoms with van der Waals surface area (Å²) >= 11 is 0. The highest BCUT2D eigenvalue weighted by Crippen LogP contribution is 2.34. The molecule has 1 aliphatic carbocycles. The van der Waals surface area contributed by atoms with E-state index < -0.39 is 0 Å². The minimum absolute atomic E-state index is 0. The number of guanidine groups is 1. The van der Waals surface area contributed by atoms with E-state index in [1.807, 2.05) is 18.2 Å². The van der Waals surface area contributed by atoms with Crippen molar-refractivity contribution >= 4 is 29.9 Å². The van der Waals surface area contributed by atoms with Crippen molar-refractivity contribution in [1.82, 2.24) is 5.32 Å². The maximum Gasteiger partial charge on any atom is 0.231 e. The second kappa shape index (κ2) is 9.80. The number of hydrogen-bond acceptors (Lipinski definition) is 4. The molecule has 3 N–H and O–H groups in total. The van der Waals surface area contributed by atoms with Gasteiger partial charge in [-0.3, -0.25) is 0 Å². The van der Waals surface area contributed by atoms with Crippen molar-refractivity contribution < 1.29 is 14.2 Å². The normalized spacial score (nSPS) is 17.8. The van der Waals surface area contributed by atoms with Crippen LogP contribution in [0.15, 0.2) is 23.2 Å². The molecular formula is C17H26IN3O3. The maximum atomic E-state index is 5.96. The van der Waals surface area contributed by atoms with Crippen LogP contribution in [0.2, 0.25) is 0 Å². The fraction of sp³-hybridized carbons (Fsp3) is 0.588. The zero-order chi connectivity index (χ0) is 15.9. The van der Waals surface area contributed by atoms with Crippen LogP contribution in [-0.4, -0.2) is 31.9 Å². The van der Waals surface area contributed by atoms with Crippen molar-refractivity contribution in [2.45, 2.75) is 44.6 Å². The number of hydrogen-bond donors (Lipinski definition) is 2. The van der Waals surface area contributed by atoms with Gasteiger partial charge in [0.1, 0.15) is 12.4 Å². The molecule has 1 saturated carbocycles. The van der Waals surface area contributed by atoms with Gasteiger partial charge in [-0.15, -0.1) is 24.0 Å². The fourth-order valence-corrected chi connectivity index (χ4v) is 2.97. The highest BCUT2D eigenvalue weighted by molar-refractivity contribution is 14.0. The second-order valence-corrected chi connectivity index (χ2v) is 5.96. The summed E-state index contributed by atoms with van der Waals surface area (Å²) in [7, 11) is 0. The SMILES string of the molecule is I.NC(=NCCOc1ccc2c(c1)OCO2)NC1CCCCCC1. The van der Waals surface area contributed by atoms with Crippen LogP contribution >= 0.6 is 24.0 Å². The number of benzene rings is 1. The van der Waals surface area contributed by atoms with Crippen LogP contribution in [0.25, 0.3) is 0 Å². The molecule has 0 aromatic heterocycles. The number of ether oxygens (including phenoxy) is 3. The zero-order valence-electron chi connectivity index (χ0n) is 13.8. The van der Waals surface area contributed by atoms with E-state index in [9.17, 15) is 0 Å². The summed E-state index contributed by atoms with van der Waals surface area (Å²) in [4.78, 5) is 4.34. The van der Waals surface area contributed by atoms with E-state index in [4.69, 9.17) is 19.9 Å². The van der Waals surface area contributed by atoms with E-state index in [-0.39, 0.29) is 30.8 Å². The Labute approximate surface area is 160 Å². The summed E-state index contributed by atoms with van der Waals surface area (Å²) in [6, 6.07) is 6.02. The van der Waals surface area contributed by atoms with Crippen molar-refractivity contribution in [3.63, 3.8) is 0 Å². The van der Waals surface area contributed by atoms with Crippen LogP contribution < -0.4 is 25.3 Å². The number of aliphatic imine (C=N–C) groups is 1. The number of fused-ring (bicyclic) bond motifs is 1. The smallest absolute Gasteiger partial charge is 0.231 e. The Morgan fingerprint density at radius 3 is 2.71 bits per heavy atom. The van der Waals surface area contributed by atoms with Gasteiger partial charge in [-0.1, -0.05) is 25.7 Å². The Kier molecular flexibility index (Phi) is 7.74. The average molecular weight is 447 g/mol. The Morgan fingerprint density at radius 1 is 1.17 bits per heavy atom. The van der Waals surface area contributed by atoms with Gasteiger partial charge in [0.25, 0.3) is 0 Å². The van der Waals surface area contributed by atoms with E-state index >= 15 is 0 Å². The van der Waals surface area contributed by atoms with Crippen LogP contribution in [0, 0.1) is 0 Å². The molecule has 0 spiro atoms. The van der Waals surface area contributed by atoms with Crippen LogP contribution in [-0.2, 0) is 0 Å². The van der Waals surface area contributed by atoms with E-state index in [0.29, 0.717) is 25.2 Å². The Balaban J connectivity index is 0.00000208. The first-order chi connectivity index (χ1) is 11.3. The van der Waals surface area contributed by atoms with E-state index in [2.05, 4.69) is 10.3 Å². The molecule has 1 aromatic carbocycles. The number of nitrogens with one attached hydrogen (secondary N) is 1. The van der Waals surface area contributed by atoms with Crippen molar-refractivity contribution in [3.8, 4) is 17.2 Å². The maximum absolute atomic E-state index is 5.96. The van der Waals surface area contributed by atoms with Crippen molar-refractivity contribution in [3.05, 3.63) is 18.2 Å². The average Bonchev–Trinajstić information content (AvgIpc) is 2.87. The van der Waals surface area contributed by atoms with Gasteiger partial charge in [0.05, 0.1) is 6.54 Å². The first-order valence-corrected chi connectivity index (χ1v) is 8.40. The lowest BCUT2D eigenvalue weighted by atomic mass is 10.1. The third kappa shape index (κ3) is 5.61. The molecular weight excluding hydrogens is 421 g/mol. The number of rotatable bonds is 5. The zero-order valence-corrected chi connectivity index (χ0v) is 16.2. The van der Waals surface area contributed by atoms with Gasteiger partial charge in [0.2, 0.25) is 6.79 Å². The molecule has 1 fully saturated rings. The lowest BCUT2D eigenvalue weighted by molar-refractivity contribution is 0.174. The molecule has 0 unspecified atom stereocenters. The van der Waals surface area contributed by atoms with Crippen LogP contribution in [0.5, 0.6) is 17.2 Å². The molecule has 24 heavy (non-hydrogen) atoms. The molecule has 0 radical (unpaired) electrons. The summed E-state index contributed by atoms with van der Waals surface area (Å²) in [5.41, 5.74) is 5.96. The lowest BCUT2D eigenvalue weighted by Crippen LogP contribution is -2.40. The second-order valence-electron chi connectivity index (χ2n) is 5.96. The predicted molar refractivity (Wildman–Crippen MR) is 105 cm³/mol. The molecule has 134 valence electrons. The van der Waals surface area contributed by atoms with Crippen molar-refractivity contribution in [1.29, 1.82) is 0 Å². The standard InChI is InChI=1S/C17H25N3O3.HI/c18-17(20-13-5-3-1-2-4-6-13)19-9-10-21-14-7-8-15-16(11-14)23-12-22-15;/h7-8,11,13H,1-6,9-10,12H2,(H3,18,19,20);1H. The predicted octanol–water partition coefficient (Wildman–Crippen LogP) is 3.04. The molecule has 6 nitrogen and oxygen atoms in total. The molecule has 2 aliphatic rings. The summed E-state index contributed by atoms with van der Waals surface area (Å²) in [5, 5.41) is 3.33. The molecule has 0 atom stereocenters. The highest BCUT2D eigenvalue weighted by Gasteiger charge is 2.14. The summed E-state index contributed by atoms with van der Waals surface area (Å²) in [6.45, 7) is 1.28. The molecule has 3 rings (SSSR count). The van der Waals surface area contributed by atoms with Crippen LogP contribution in [0.4, 0.5) is 0 Å². The lowest BCUT2D eigenvalue weighted by Gasteiger charge is -2.16. The molecule has 1 aromatic rings. The van der Waals surface area contributed by atoms with Gasteiger partial charge in [-0.2, -0.15) is 0 Å². The molecule has 7 heteroatoms. The Morgan fingerprint density at radius 2 is 1.92 bits per heavy atom. The molecule has 0 bridgehead atoms. The number of nitrogens with zero attached hydrogens (tertiary/aromatic N) is 1. The van der Waals surface area contributed by atoms with Gasteiger partial charge in [0, 0.05) is 12.1 Å². The minimum Gasteiger partial charge on any atom is -0.492 e. The molecule has 1 heterocycles. The van der Waals surface area contributed by atoms with Gasteiger partial charge in [-0.05, 0) is 25.0 Å². The minimum atomic E-state index is 0. The monoisotopic (exact) mass is 447 g/mol. The first-order valence-electron chi connectivity index (χ1n) is 8.40. The Bertz CT molecular complexity index is 546. The quantitative estimate of drug-likeness (QED) is 0.239. The van der Waals surface area contributed by atoms with Crippen molar-refractivity contribution in [2.75, 3.05) is 19.9 Å². The van der Waals surface area contributed by atoms with Crippen molar-refractivity contribution in [2.24, 2.45) is 10.7 Å². The summed E-state index contributed by atoms with van der Waals surface area (Å²) in [5.74, 6) is 2.75. The van der Waals surface area contributed by atoms with Gasteiger partial charge in [0.15, 0.2) is 17.5 Å². The molecule has 1 aliphatic heterocycles. The van der Waals surface area contributed by atoms with E-state index in [0.717, 1.165) is 17.2 Å². The van der Waals surface area contributed by atoms with Crippen LogP contribution in [0.1, 0.15) is 38.5 Å². The number of nitrogens with two attached hydrogens (primary N) is 1. The first kappa shape index (κ1) is 19.0. The fourth-order valence-electron chi connectivity index (χ4n) is 2.97. The van der Waals surface area contributed by atoms with Gasteiger partial charge in [-0.25, -0.2) is 4.99 Å². The van der Waals surface area contributed by atoms with Gasteiger partial charge < -0.3 is 25.3 Å². The third-order valence-corrected chi connectivity index (χ3v) is 4.19. The highest BCUT2D eigenvalue weighted by atomic mass is 127. The van der Waals surface area contributed by atoms with Crippen LogP contribution in [0.3, 0.4) is 0 Å².